The van der Waals surface area contributed by atoms with E-state index < -0.39 is 0 Å². The van der Waals surface area contributed by atoms with Crippen molar-refractivity contribution in [3.8, 4) is 0 Å². The third-order valence-corrected chi connectivity index (χ3v) is 3.31. The predicted octanol–water partition coefficient (Wildman–Crippen LogP) is 1.57. The lowest BCUT2D eigenvalue weighted by molar-refractivity contribution is 0.193. The minimum atomic E-state index is 0.391. The fraction of sp³-hybridized carbons (Fsp3) is 0.583. The zero-order valence-electron chi connectivity index (χ0n) is 9.26. The first-order chi connectivity index (χ1) is 7.33. The Bertz CT molecular complexity index is 299. The molecule has 1 saturated heterocycles. The standard InChI is InChI=1S/C12H19N3/c1-10(12-6-2-3-7-14-12)15-8-4-5-11(15)9-13/h2-3,6-7,10-11H,4-5,8-9,13H2,1H3/t10-,11+/m1/s1. The van der Waals surface area contributed by atoms with E-state index in [4.69, 9.17) is 5.73 Å². The minimum Gasteiger partial charge on any atom is -0.329 e. The van der Waals surface area contributed by atoms with E-state index in [1.54, 1.807) is 0 Å². The van der Waals surface area contributed by atoms with Gasteiger partial charge >= 0.3 is 0 Å². The molecule has 1 aromatic heterocycles. The topological polar surface area (TPSA) is 42.2 Å². The van der Waals surface area contributed by atoms with Gasteiger partial charge in [-0.25, -0.2) is 0 Å². The van der Waals surface area contributed by atoms with Crippen LogP contribution in [-0.4, -0.2) is 29.0 Å². The fourth-order valence-corrected chi connectivity index (χ4v) is 2.41. The Labute approximate surface area is 91.3 Å². The molecule has 2 rings (SSSR count). The van der Waals surface area contributed by atoms with Gasteiger partial charge < -0.3 is 5.73 Å². The summed E-state index contributed by atoms with van der Waals surface area (Å²) in [4.78, 5) is 6.88. The van der Waals surface area contributed by atoms with Crippen molar-refractivity contribution < 1.29 is 0 Å². The number of rotatable bonds is 3. The summed E-state index contributed by atoms with van der Waals surface area (Å²) in [6, 6.07) is 7.04. The second kappa shape index (κ2) is 4.73. The predicted molar refractivity (Wildman–Crippen MR) is 61.4 cm³/mol. The van der Waals surface area contributed by atoms with E-state index in [9.17, 15) is 0 Å². The highest BCUT2D eigenvalue weighted by Crippen LogP contribution is 2.27. The Morgan fingerprint density at radius 3 is 3.13 bits per heavy atom. The molecule has 1 aliphatic rings. The molecule has 0 unspecified atom stereocenters. The molecule has 1 fully saturated rings. The van der Waals surface area contributed by atoms with Crippen LogP contribution < -0.4 is 5.73 Å². The molecule has 0 radical (unpaired) electrons. The van der Waals surface area contributed by atoms with Crippen LogP contribution in [-0.2, 0) is 0 Å². The van der Waals surface area contributed by atoms with Gasteiger partial charge in [-0.1, -0.05) is 6.07 Å². The average Bonchev–Trinajstić information content (AvgIpc) is 2.77. The quantitative estimate of drug-likeness (QED) is 0.814. The van der Waals surface area contributed by atoms with Crippen molar-refractivity contribution in [2.75, 3.05) is 13.1 Å². The molecule has 82 valence electrons. The summed E-state index contributed by atoms with van der Waals surface area (Å²) in [6.45, 7) is 4.13. The molecule has 2 heterocycles. The van der Waals surface area contributed by atoms with Crippen LogP contribution >= 0.6 is 0 Å². The van der Waals surface area contributed by atoms with E-state index in [-0.39, 0.29) is 0 Å². The van der Waals surface area contributed by atoms with Gasteiger partial charge in [0.15, 0.2) is 0 Å². The maximum Gasteiger partial charge on any atom is 0.0572 e. The Morgan fingerprint density at radius 1 is 1.60 bits per heavy atom. The van der Waals surface area contributed by atoms with Crippen molar-refractivity contribution in [3.05, 3.63) is 30.1 Å². The number of hydrogen-bond acceptors (Lipinski definition) is 3. The molecule has 0 aromatic carbocycles. The van der Waals surface area contributed by atoms with Crippen molar-refractivity contribution in [1.82, 2.24) is 9.88 Å². The van der Waals surface area contributed by atoms with Crippen LogP contribution in [0, 0.1) is 0 Å². The van der Waals surface area contributed by atoms with Crippen LogP contribution in [0.3, 0.4) is 0 Å². The molecule has 15 heavy (non-hydrogen) atoms. The van der Waals surface area contributed by atoms with Gasteiger partial charge in [-0.15, -0.1) is 0 Å². The maximum atomic E-state index is 5.78. The summed E-state index contributed by atoms with van der Waals surface area (Å²) in [5.41, 5.74) is 6.93. The van der Waals surface area contributed by atoms with E-state index >= 15 is 0 Å². The fourth-order valence-electron chi connectivity index (χ4n) is 2.41. The summed E-state index contributed by atoms with van der Waals surface area (Å²) < 4.78 is 0. The average molecular weight is 205 g/mol. The Morgan fingerprint density at radius 2 is 2.47 bits per heavy atom. The van der Waals surface area contributed by atoms with Crippen LogP contribution in [0.5, 0.6) is 0 Å². The summed E-state index contributed by atoms with van der Waals surface area (Å²) in [5, 5.41) is 0. The van der Waals surface area contributed by atoms with Gasteiger partial charge in [0.25, 0.3) is 0 Å². The lowest BCUT2D eigenvalue weighted by Crippen LogP contribution is -2.37. The monoisotopic (exact) mass is 205 g/mol. The third-order valence-electron chi connectivity index (χ3n) is 3.31. The van der Waals surface area contributed by atoms with Crippen molar-refractivity contribution in [2.45, 2.75) is 31.8 Å². The molecule has 0 amide bonds. The summed E-state index contributed by atoms with van der Waals surface area (Å²) in [6.07, 6.45) is 4.35. The van der Waals surface area contributed by atoms with E-state index in [0.29, 0.717) is 12.1 Å². The van der Waals surface area contributed by atoms with Gasteiger partial charge in [0.05, 0.1) is 5.69 Å². The highest BCUT2D eigenvalue weighted by atomic mass is 15.2. The number of hydrogen-bond donors (Lipinski definition) is 1. The first-order valence-electron chi connectivity index (χ1n) is 5.69. The zero-order chi connectivity index (χ0) is 10.7. The number of nitrogens with two attached hydrogens (primary N) is 1. The lowest BCUT2D eigenvalue weighted by atomic mass is 10.1. The highest BCUT2D eigenvalue weighted by molar-refractivity contribution is 5.09. The summed E-state index contributed by atoms with van der Waals surface area (Å²) >= 11 is 0. The summed E-state index contributed by atoms with van der Waals surface area (Å²) in [5.74, 6) is 0. The molecular formula is C12H19N3. The van der Waals surface area contributed by atoms with Crippen LogP contribution in [0.2, 0.25) is 0 Å². The second-order valence-corrected chi connectivity index (χ2v) is 4.20. The third kappa shape index (κ3) is 2.19. The van der Waals surface area contributed by atoms with Crippen molar-refractivity contribution in [1.29, 1.82) is 0 Å². The molecule has 1 aromatic rings. The molecule has 3 heteroatoms. The van der Waals surface area contributed by atoms with Gasteiger partial charge in [-0.05, 0) is 38.4 Å². The Hall–Kier alpha value is -0.930. The Balaban J connectivity index is 2.10. The highest BCUT2D eigenvalue weighted by Gasteiger charge is 2.28. The molecule has 1 aliphatic heterocycles. The number of aromatic nitrogens is 1. The molecule has 0 aliphatic carbocycles. The first kappa shape index (κ1) is 10.6. The van der Waals surface area contributed by atoms with Crippen LogP contribution in [0.15, 0.2) is 24.4 Å². The van der Waals surface area contributed by atoms with Gasteiger partial charge in [-0.3, -0.25) is 9.88 Å². The van der Waals surface area contributed by atoms with Gasteiger partial charge in [-0.2, -0.15) is 0 Å². The SMILES string of the molecule is C[C@H](c1ccccn1)N1CCC[C@H]1CN. The van der Waals surface area contributed by atoms with Crippen LogP contribution in [0.4, 0.5) is 0 Å². The van der Waals surface area contributed by atoms with Crippen molar-refractivity contribution >= 4 is 0 Å². The molecule has 0 spiro atoms. The molecule has 2 atom stereocenters. The maximum absolute atomic E-state index is 5.78. The first-order valence-corrected chi connectivity index (χ1v) is 5.69. The van der Waals surface area contributed by atoms with Crippen LogP contribution in [0.25, 0.3) is 0 Å². The zero-order valence-corrected chi connectivity index (χ0v) is 9.26. The normalized spacial score (nSPS) is 24.3. The lowest BCUT2D eigenvalue weighted by Gasteiger charge is -2.29. The number of likely N-dealkylation sites (tertiary alicyclic amines) is 1. The minimum absolute atomic E-state index is 0.391. The van der Waals surface area contributed by atoms with E-state index in [2.05, 4.69) is 22.9 Å². The van der Waals surface area contributed by atoms with Gasteiger partial charge in [0.2, 0.25) is 0 Å². The summed E-state index contributed by atoms with van der Waals surface area (Å²) in [7, 11) is 0. The largest absolute Gasteiger partial charge is 0.329 e. The number of pyridine rings is 1. The van der Waals surface area contributed by atoms with Crippen LogP contribution in [0.1, 0.15) is 31.5 Å². The molecule has 2 N–H and O–H groups in total. The molecule has 3 nitrogen and oxygen atoms in total. The Kier molecular flexibility index (Phi) is 3.34. The van der Waals surface area contributed by atoms with E-state index in [0.717, 1.165) is 18.8 Å². The second-order valence-electron chi connectivity index (χ2n) is 4.20. The van der Waals surface area contributed by atoms with Gasteiger partial charge in [0, 0.05) is 24.8 Å². The molecule has 0 bridgehead atoms. The smallest absolute Gasteiger partial charge is 0.0572 e. The van der Waals surface area contributed by atoms with E-state index in [1.165, 1.54) is 12.8 Å². The van der Waals surface area contributed by atoms with Gasteiger partial charge in [0.1, 0.15) is 0 Å². The molecule has 0 saturated carbocycles. The van der Waals surface area contributed by atoms with Crippen molar-refractivity contribution in [2.24, 2.45) is 5.73 Å². The van der Waals surface area contributed by atoms with Crippen molar-refractivity contribution in [3.63, 3.8) is 0 Å². The van der Waals surface area contributed by atoms with E-state index in [1.807, 2.05) is 18.3 Å². The number of nitrogens with zero attached hydrogens (tertiary/aromatic N) is 2. The molecular weight excluding hydrogens is 186 g/mol.